The molecule has 1 N–H and O–H groups in total. The fraction of sp³-hybridized carbons (Fsp3) is 0.364. The van der Waals surface area contributed by atoms with Crippen molar-refractivity contribution in [1.29, 1.82) is 0 Å². The number of methoxy groups -OCH3 is 1. The van der Waals surface area contributed by atoms with Crippen molar-refractivity contribution in [2.75, 3.05) is 13.7 Å². The van der Waals surface area contributed by atoms with Crippen LogP contribution in [0.3, 0.4) is 0 Å². The van der Waals surface area contributed by atoms with E-state index in [1.54, 1.807) is 12.1 Å². The molecule has 1 amide bonds. The van der Waals surface area contributed by atoms with E-state index in [1.165, 1.54) is 20.1 Å². The molecule has 20 heavy (non-hydrogen) atoms. The molecular formula is C11H14I2N2O4V. The molecule has 0 unspecified atom stereocenters. The first-order valence-electron chi connectivity index (χ1n) is 5.44. The zero-order valence-corrected chi connectivity index (χ0v) is 16.6. The topological polar surface area (TPSA) is 81.5 Å². The number of amides is 1. The monoisotopic (exact) mass is 543 g/mol. The van der Waals surface area contributed by atoms with Crippen LogP contribution in [0.5, 0.6) is 5.75 Å². The number of nitrogens with one attached hydrogen (secondary N) is 1. The second kappa shape index (κ2) is 11.6. The molecule has 1 aromatic rings. The van der Waals surface area contributed by atoms with Crippen molar-refractivity contribution < 1.29 is 23.9 Å². The van der Waals surface area contributed by atoms with Crippen LogP contribution >= 0.6 is 40.0 Å². The van der Waals surface area contributed by atoms with E-state index in [2.05, 4.69) is 45.3 Å². The van der Waals surface area contributed by atoms with Crippen molar-refractivity contribution in [3.63, 3.8) is 0 Å². The van der Waals surface area contributed by atoms with Gasteiger partial charge in [0, 0.05) is 19.5 Å². The molecule has 0 saturated carbocycles. The average Bonchev–Trinajstić information content (AvgIpc) is 2.39. The Morgan fingerprint density at radius 1 is 1.50 bits per heavy atom. The Balaban J connectivity index is 0.00000110. The van der Waals surface area contributed by atoms with E-state index >= 15 is 0 Å². The number of carbonyl (C=O) groups excluding carboxylic acids is 1. The minimum atomic E-state index is -0.485. The number of rotatable bonds is 5. The second-order valence-electron chi connectivity index (χ2n) is 3.56. The van der Waals surface area contributed by atoms with Crippen LogP contribution in [0.1, 0.15) is 12.5 Å². The fourth-order valence-electron chi connectivity index (χ4n) is 1.42. The molecule has 0 aliphatic heterocycles. The normalized spacial score (nSPS) is 9.00. The number of hydrogen-bond acceptors (Lipinski definition) is 4. The van der Waals surface area contributed by atoms with E-state index < -0.39 is 4.92 Å². The first-order valence-corrected chi connectivity index (χ1v) is 14.5. The van der Waals surface area contributed by atoms with Crippen LogP contribution in [0.4, 0.5) is 5.69 Å². The van der Waals surface area contributed by atoms with E-state index in [4.69, 9.17) is 4.74 Å². The van der Waals surface area contributed by atoms with E-state index in [-0.39, 0.29) is 17.3 Å². The van der Waals surface area contributed by atoms with Crippen LogP contribution in [-0.2, 0) is 20.7 Å². The van der Waals surface area contributed by atoms with Crippen molar-refractivity contribution in [3.8, 4) is 5.75 Å². The molecule has 0 aromatic heterocycles. The van der Waals surface area contributed by atoms with Gasteiger partial charge in [-0.2, -0.15) is 0 Å². The predicted molar refractivity (Wildman–Crippen MR) is 90.1 cm³/mol. The van der Waals surface area contributed by atoms with Gasteiger partial charge < -0.3 is 10.1 Å². The van der Waals surface area contributed by atoms with E-state index in [1.807, 2.05) is 0 Å². The summed E-state index contributed by atoms with van der Waals surface area (Å²) in [7, 11) is 2.02. The van der Waals surface area contributed by atoms with Crippen LogP contribution in [-0.4, -0.2) is 24.5 Å². The zero-order valence-electron chi connectivity index (χ0n) is 10.9. The maximum absolute atomic E-state index is 10.8. The van der Waals surface area contributed by atoms with Gasteiger partial charge in [-0.25, -0.2) is 0 Å². The number of hydrogen-bond donors (Lipinski definition) is 1. The van der Waals surface area contributed by atoms with Crippen LogP contribution in [0.2, 0.25) is 0 Å². The Labute approximate surface area is 146 Å². The third-order valence-corrected chi connectivity index (χ3v) is 2.23. The predicted octanol–water partition coefficient (Wildman–Crippen LogP) is 3.05. The summed E-state index contributed by atoms with van der Waals surface area (Å²) in [4.78, 5) is 21.0. The van der Waals surface area contributed by atoms with Gasteiger partial charge in [0.1, 0.15) is 0 Å². The molecule has 1 rings (SSSR count). The maximum atomic E-state index is 10.8. The van der Waals surface area contributed by atoms with Gasteiger partial charge in [-0.1, -0.05) is 6.07 Å². The average molecular weight is 543 g/mol. The van der Waals surface area contributed by atoms with Gasteiger partial charge in [0.15, 0.2) is 5.75 Å². The summed E-state index contributed by atoms with van der Waals surface area (Å²) < 4.78 is 4.89. The summed E-state index contributed by atoms with van der Waals surface area (Å²) in [6.07, 6.45) is 0.546. The number of ether oxygens (including phenoxy) is 1. The van der Waals surface area contributed by atoms with Crippen LogP contribution < -0.4 is 10.1 Å². The summed E-state index contributed by atoms with van der Waals surface area (Å²) in [6.45, 7) is 1.88. The Hall–Kier alpha value is -0.0656. The van der Waals surface area contributed by atoms with Gasteiger partial charge in [-0.15, -0.1) is 0 Å². The van der Waals surface area contributed by atoms with E-state index in [0.29, 0.717) is 22.4 Å². The zero-order chi connectivity index (χ0) is 15.5. The van der Waals surface area contributed by atoms with Gasteiger partial charge in [-0.3, -0.25) is 14.9 Å². The van der Waals surface area contributed by atoms with E-state index in [9.17, 15) is 14.9 Å². The number of carbonyl (C=O) groups is 1. The van der Waals surface area contributed by atoms with E-state index in [0.717, 1.165) is 5.56 Å². The van der Waals surface area contributed by atoms with Gasteiger partial charge in [0.25, 0.3) is 0 Å². The molecule has 1 aromatic carbocycles. The molecule has 0 saturated heterocycles. The SMILES string of the molecule is COc1ccc(CCNC(C)=O)cc1[N+](=O)[O-].[I][V][I]. The summed E-state index contributed by atoms with van der Waals surface area (Å²) in [5.41, 5.74) is 0.721. The molecule has 0 atom stereocenters. The first-order chi connectivity index (χ1) is 9.46. The number of benzene rings is 1. The summed E-state index contributed by atoms with van der Waals surface area (Å²) in [5, 5.41) is 13.4. The standard InChI is InChI=1S/C11H14N2O4.2HI.V/c1-8(14)12-6-5-9-3-4-11(17-2)10(7-9)13(15)16;;;/h3-4,7H,5-6H2,1-2H3,(H,12,14);2*1H;/q;;;+2/p-2. The molecule has 0 spiro atoms. The van der Waals surface area contributed by atoms with Crippen LogP contribution in [0.25, 0.3) is 0 Å². The van der Waals surface area contributed by atoms with Gasteiger partial charge in [0.2, 0.25) is 5.91 Å². The number of nitrogens with zero attached hydrogens (tertiary/aromatic N) is 1. The minimum absolute atomic E-state index is 0.0622. The molecule has 0 aliphatic carbocycles. The molecular weight excluding hydrogens is 529 g/mol. The molecule has 111 valence electrons. The fourth-order valence-corrected chi connectivity index (χ4v) is 1.42. The van der Waals surface area contributed by atoms with Crippen molar-refractivity contribution in [2.45, 2.75) is 13.3 Å². The Morgan fingerprint density at radius 2 is 2.10 bits per heavy atom. The second-order valence-corrected chi connectivity index (χ2v) is 15.3. The first kappa shape index (κ1) is 19.9. The third kappa shape index (κ3) is 8.27. The van der Waals surface area contributed by atoms with Crippen LogP contribution in [0, 0.1) is 10.1 Å². The summed E-state index contributed by atoms with van der Waals surface area (Å²) in [6, 6.07) is 4.76. The van der Waals surface area contributed by atoms with Gasteiger partial charge >= 0.3 is 55.1 Å². The van der Waals surface area contributed by atoms with Crippen molar-refractivity contribution >= 4 is 51.6 Å². The molecule has 0 heterocycles. The molecule has 0 radical (unpaired) electrons. The third-order valence-electron chi connectivity index (χ3n) is 2.23. The Kier molecular flexibility index (Phi) is 11.5. The molecule has 6 nitrogen and oxygen atoms in total. The summed E-state index contributed by atoms with van der Waals surface area (Å²) in [5.74, 6) is 0.117. The summed E-state index contributed by atoms with van der Waals surface area (Å²) >= 11 is 4.74. The number of nitro benzene ring substituents is 1. The Morgan fingerprint density at radius 3 is 2.55 bits per heavy atom. The van der Waals surface area contributed by atoms with Crippen LogP contribution in [0.15, 0.2) is 18.2 Å². The molecule has 0 bridgehead atoms. The molecule has 0 aliphatic rings. The quantitative estimate of drug-likeness (QED) is 0.352. The molecule has 9 heteroatoms. The van der Waals surface area contributed by atoms with Gasteiger partial charge in [-0.05, 0) is 18.1 Å². The van der Waals surface area contributed by atoms with Crippen molar-refractivity contribution in [3.05, 3.63) is 33.9 Å². The van der Waals surface area contributed by atoms with Crippen molar-refractivity contribution in [1.82, 2.24) is 5.32 Å². The van der Waals surface area contributed by atoms with Gasteiger partial charge in [0.05, 0.1) is 12.0 Å². The molecule has 0 fully saturated rings. The van der Waals surface area contributed by atoms with Crippen molar-refractivity contribution in [2.24, 2.45) is 0 Å². The number of nitro groups is 1. The number of halogens is 2. The Bertz CT molecular complexity index is 460.